The van der Waals surface area contributed by atoms with Gasteiger partial charge < -0.3 is 10.5 Å². The van der Waals surface area contributed by atoms with E-state index in [0.717, 1.165) is 5.56 Å². The van der Waals surface area contributed by atoms with E-state index >= 15 is 0 Å². The molecule has 4 heteroatoms. The minimum atomic E-state index is -0.101. The summed E-state index contributed by atoms with van der Waals surface area (Å²) in [5.41, 5.74) is 6.64. The zero-order valence-corrected chi connectivity index (χ0v) is 7.69. The van der Waals surface area contributed by atoms with Gasteiger partial charge in [-0.2, -0.15) is 0 Å². The van der Waals surface area contributed by atoms with E-state index in [-0.39, 0.29) is 6.04 Å². The van der Waals surface area contributed by atoms with Crippen LogP contribution in [0.15, 0.2) is 12.1 Å². The normalized spacial score (nSPS) is 20.4. The lowest BCUT2D eigenvalue weighted by molar-refractivity contribution is 0.333. The average Bonchev–Trinajstić information content (AvgIpc) is 2.33. The van der Waals surface area contributed by atoms with Crippen LogP contribution in [0.2, 0.25) is 10.0 Å². The number of hydrogen-bond donors (Lipinski definition) is 1. The Balaban J connectivity index is 2.60. The molecule has 1 aromatic rings. The van der Waals surface area contributed by atoms with Crippen LogP contribution in [0, 0.1) is 0 Å². The van der Waals surface area contributed by atoms with Crippen molar-refractivity contribution in [1.82, 2.24) is 0 Å². The molecular weight excluding hydrogens is 197 g/mol. The first-order valence-corrected chi connectivity index (χ1v) is 4.31. The summed E-state index contributed by atoms with van der Waals surface area (Å²) in [7, 11) is 0. The SMILES string of the molecule is N[C@@H]1COc2c(Cl)cc(Cl)cc21. The van der Waals surface area contributed by atoms with Crippen LogP contribution in [0.25, 0.3) is 0 Å². The Morgan fingerprint density at radius 2 is 2.17 bits per heavy atom. The summed E-state index contributed by atoms with van der Waals surface area (Å²) in [6.45, 7) is 0.482. The van der Waals surface area contributed by atoms with Crippen molar-refractivity contribution in [2.24, 2.45) is 5.73 Å². The van der Waals surface area contributed by atoms with E-state index in [1.807, 2.05) is 0 Å². The van der Waals surface area contributed by atoms with Crippen LogP contribution >= 0.6 is 23.2 Å². The molecule has 2 rings (SSSR count). The maximum atomic E-state index is 5.88. The Morgan fingerprint density at radius 1 is 1.42 bits per heavy atom. The molecule has 0 bridgehead atoms. The van der Waals surface area contributed by atoms with Gasteiger partial charge in [0.2, 0.25) is 0 Å². The Kier molecular flexibility index (Phi) is 1.91. The first kappa shape index (κ1) is 8.17. The fourth-order valence-corrected chi connectivity index (χ4v) is 1.83. The van der Waals surface area contributed by atoms with Gasteiger partial charge in [0.25, 0.3) is 0 Å². The van der Waals surface area contributed by atoms with E-state index in [1.165, 1.54) is 0 Å². The molecule has 0 fully saturated rings. The lowest BCUT2D eigenvalue weighted by atomic mass is 10.1. The van der Waals surface area contributed by atoms with Crippen molar-refractivity contribution in [3.63, 3.8) is 0 Å². The molecular formula is C8H7Cl2NO. The largest absolute Gasteiger partial charge is 0.490 e. The van der Waals surface area contributed by atoms with E-state index < -0.39 is 0 Å². The third kappa shape index (κ3) is 1.16. The van der Waals surface area contributed by atoms with Gasteiger partial charge in [-0.1, -0.05) is 23.2 Å². The van der Waals surface area contributed by atoms with Gasteiger partial charge in [-0.25, -0.2) is 0 Å². The highest BCUT2D eigenvalue weighted by atomic mass is 35.5. The Morgan fingerprint density at radius 3 is 2.92 bits per heavy atom. The van der Waals surface area contributed by atoms with Crippen molar-refractivity contribution in [3.8, 4) is 5.75 Å². The fourth-order valence-electron chi connectivity index (χ4n) is 1.27. The molecule has 0 aromatic heterocycles. The maximum Gasteiger partial charge on any atom is 0.142 e. The molecule has 1 aliphatic heterocycles. The quantitative estimate of drug-likeness (QED) is 0.704. The topological polar surface area (TPSA) is 35.2 Å². The number of benzene rings is 1. The summed E-state index contributed by atoms with van der Waals surface area (Å²) in [6.07, 6.45) is 0. The first-order valence-electron chi connectivity index (χ1n) is 3.56. The van der Waals surface area contributed by atoms with Gasteiger partial charge in [-0.05, 0) is 12.1 Å². The molecule has 1 aliphatic rings. The van der Waals surface area contributed by atoms with Gasteiger partial charge in [0.1, 0.15) is 12.4 Å². The number of ether oxygens (including phenoxy) is 1. The van der Waals surface area contributed by atoms with Crippen molar-refractivity contribution < 1.29 is 4.74 Å². The molecule has 0 saturated carbocycles. The Labute approximate surface area is 80.2 Å². The van der Waals surface area contributed by atoms with Gasteiger partial charge in [0, 0.05) is 10.6 Å². The smallest absolute Gasteiger partial charge is 0.142 e. The second-order valence-electron chi connectivity index (χ2n) is 2.72. The van der Waals surface area contributed by atoms with Crippen LogP contribution in [-0.2, 0) is 0 Å². The minimum Gasteiger partial charge on any atom is -0.490 e. The number of rotatable bonds is 0. The maximum absolute atomic E-state index is 5.88. The predicted octanol–water partition coefficient (Wildman–Crippen LogP) is 2.39. The fraction of sp³-hybridized carbons (Fsp3) is 0.250. The van der Waals surface area contributed by atoms with Crippen LogP contribution in [0.3, 0.4) is 0 Å². The molecule has 1 heterocycles. The van der Waals surface area contributed by atoms with Crippen LogP contribution in [0.5, 0.6) is 5.75 Å². The Hall–Kier alpha value is -0.440. The second-order valence-corrected chi connectivity index (χ2v) is 3.57. The van der Waals surface area contributed by atoms with E-state index in [0.29, 0.717) is 22.4 Å². The molecule has 0 radical (unpaired) electrons. The Bertz CT molecular complexity index is 327. The van der Waals surface area contributed by atoms with Crippen molar-refractivity contribution in [1.29, 1.82) is 0 Å². The molecule has 0 amide bonds. The van der Waals surface area contributed by atoms with Crippen molar-refractivity contribution in [3.05, 3.63) is 27.7 Å². The van der Waals surface area contributed by atoms with Crippen LogP contribution in [0.1, 0.15) is 11.6 Å². The van der Waals surface area contributed by atoms with E-state index in [9.17, 15) is 0 Å². The van der Waals surface area contributed by atoms with Gasteiger partial charge in [0.15, 0.2) is 0 Å². The highest BCUT2D eigenvalue weighted by Gasteiger charge is 2.23. The molecule has 2 nitrogen and oxygen atoms in total. The number of hydrogen-bond acceptors (Lipinski definition) is 2. The van der Waals surface area contributed by atoms with Gasteiger partial charge in [0.05, 0.1) is 11.1 Å². The summed E-state index contributed by atoms with van der Waals surface area (Å²) in [5, 5.41) is 1.13. The minimum absolute atomic E-state index is 0.101. The summed E-state index contributed by atoms with van der Waals surface area (Å²) in [5.74, 6) is 0.675. The van der Waals surface area contributed by atoms with Crippen molar-refractivity contribution >= 4 is 23.2 Å². The third-order valence-electron chi connectivity index (χ3n) is 1.84. The second kappa shape index (κ2) is 2.80. The molecule has 0 aliphatic carbocycles. The predicted molar refractivity (Wildman–Crippen MR) is 48.9 cm³/mol. The van der Waals surface area contributed by atoms with Crippen molar-refractivity contribution in [2.45, 2.75) is 6.04 Å². The van der Waals surface area contributed by atoms with Gasteiger partial charge in [-0.3, -0.25) is 0 Å². The standard InChI is InChI=1S/C8H7Cl2NO/c9-4-1-5-7(11)3-12-8(5)6(10)2-4/h1-2,7H,3,11H2/t7-/m1/s1. The zero-order chi connectivity index (χ0) is 8.72. The monoisotopic (exact) mass is 203 g/mol. The summed E-state index contributed by atoms with van der Waals surface area (Å²) in [4.78, 5) is 0. The van der Waals surface area contributed by atoms with Gasteiger partial charge in [-0.15, -0.1) is 0 Å². The summed E-state index contributed by atoms with van der Waals surface area (Å²) >= 11 is 11.7. The highest BCUT2D eigenvalue weighted by Crippen LogP contribution is 2.39. The lowest BCUT2D eigenvalue weighted by Gasteiger charge is -2.02. The summed E-state index contributed by atoms with van der Waals surface area (Å²) < 4.78 is 5.28. The van der Waals surface area contributed by atoms with Crippen LogP contribution in [-0.4, -0.2) is 6.61 Å². The molecule has 64 valence electrons. The third-order valence-corrected chi connectivity index (χ3v) is 2.34. The molecule has 1 aromatic carbocycles. The van der Waals surface area contributed by atoms with E-state index in [1.54, 1.807) is 12.1 Å². The molecule has 2 N–H and O–H groups in total. The van der Waals surface area contributed by atoms with E-state index in [4.69, 9.17) is 33.7 Å². The molecule has 0 spiro atoms. The molecule has 1 atom stereocenters. The highest BCUT2D eigenvalue weighted by molar-refractivity contribution is 6.35. The number of nitrogens with two attached hydrogens (primary N) is 1. The van der Waals surface area contributed by atoms with Crippen molar-refractivity contribution in [2.75, 3.05) is 6.61 Å². The van der Waals surface area contributed by atoms with E-state index in [2.05, 4.69) is 0 Å². The number of halogens is 2. The van der Waals surface area contributed by atoms with Gasteiger partial charge >= 0.3 is 0 Å². The molecule has 12 heavy (non-hydrogen) atoms. The number of fused-ring (bicyclic) bond motifs is 1. The lowest BCUT2D eigenvalue weighted by Crippen LogP contribution is -2.10. The first-order chi connectivity index (χ1) is 5.68. The summed E-state index contributed by atoms with van der Waals surface area (Å²) in [6, 6.07) is 3.34. The average molecular weight is 204 g/mol. The van der Waals surface area contributed by atoms with Crippen LogP contribution in [0.4, 0.5) is 0 Å². The van der Waals surface area contributed by atoms with Crippen LogP contribution < -0.4 is 10.5 Å². The molecule has 0 saturated heterocycles. The molecule has 0 unspecified atom stereocenters. The zero-order valence-electron chi connectivity index (χ0n) is 6.18.